The summed E-state index contributed by atoms with van der Waals surface area (Å²) < 4.78 is 6.02. The van der Waals surface area contributed by atoms with Crippen LogP contribution in [0.2, 0.25) is 0 Å². The van der Waals surface area contributed by atoms with Gasteiger partial charge in [-0.2, -0.15) is 0 Å². The number of rotatable bonds is 5. The molecular formula is C18H23N5O3. The third-order valence-electron chi connectivity index (χ3n) is 4.53. The van der Waals surface area contributed by atoms with E-state index in [9.17, 15) is 9.59 Å². The van der Waals surface area contributed by atoms with Crippen LogP contribution in [0, 0.1) is 5.92 Å². The fourth-order valence-electron chi connectivity index (χ4n) is 3.14. The number of hydrogen-bond acceptors (Lipinski definition) is 5. The van der Waals surface area contributed by atoms with Crippen LogP contribution < -0.4 is 10.1 Å². The highest BCUT2D eigenvalue weighted by molar-refractivity contribution is 6.04. The summed E-state index contributed by atoms with van der Waals surface area (Å²) in [5.41, 5.74) is 1.47. The van der Waals surface area contributed by atoms with Crippen molar-refractivity contribution in [3.8, 4) is 5.88 Å². The van der Waals surface area contributed by atoms with Gasteiger partial charge in [0.25, 0.3) is 5.91 Å². The van der Waals surface area contributed by atoms with Gasteiger partial charge in [-0.3, -0.25) is 9.59 Å². The standard InChI is InChI=1S/C18H23N5O3/c1-4-15(24)23-7-6-13(11(3)10-23)26-14-9-21-17-16(22-14)12(8-20-17)18(25)19-5-2/h4,8-9,11,13H,1,5-7,10H2,2-3H3,(H,19,25)(H,20,21)/t11-,13-/m1/s1. The quantitative estimate of drug-likeness (QED) is 0.790. The van der Waals surface area contributed by atoms with E-state index in [1.165, 1.54) is 6.08 Å². The van der Waals surface area contributed by atoms with E-state index < -0.39 is 0 Å². The van der Waals surface area contributed by atoms with E-state index in [4.69, 9.17) is 4.74 Å². The van der Waals surface area contributed by atoms with Crippen molar-refractivity contribution in [1.29, 1.82) is 0 Å². The summed E-state index contributed by atoms with van der Waals surface area (Å²) in [5.74, 6) is 0.271. The maximum absolute atomic E-state index is 12.1. The third kappa shape index (κ3) is 3.54. The average molecular weight is 357 g/mol. The first-order valence-electron chi connectivity index (χ1n) is 8.73. The Hall–Kier alpha value is -2.90. The van der Waals surface area contributed by atoms with Crippen LogP contribution in [0.25, 0.3) is 11.2 Å². The van der Waals surface area contributed by atoms with E-state index in [1.54, 1.807) is 17.3 Å². The van der Waals surface area contributed by atoms with Crippen molar-refractivity contribution in [3.63, 3.8) is 0 Å². The number of ether oxygens (including phenoxy) is 1. The number of fused-ring (bicyclic) bond motifs is 1. The zero-order chi connectivity index (χ0) is 18.7. The van der Waals surface area contributed by atoms with Gasteiger partial charge < -0.3 is 19.9 Å². The maximum atomic E-state index is 12.1. The van der Waals surface area contributed by atoms with Crippen molar-refractivity contribution in [2.45, 2.75) is 26.4 Å². The smallest absolute Gasteiger partial charge is 0.255 e. The van der Waals surface area contributed by atoms with E-state index in [0.29, 0.717) is 48.7 Å². The zero-order valence-electron chi connectivity index (χ0n) is 15.0. The highest BCUT2D eigenvalue weighted by Gasteiger charge is 2.29. The molecule has 1 aliphatic rings. The number of amides is 2. The number of carbonyl (C=O) groups is 2. The minimum atomic E-state index is -0.199. The van der Waals surface area contributed by atoms with Gasteiger partial charge in [-0.25, -0.2) is 9.97 Å². The first-order valence-corrected chi connectivity index (χ1v) is 8.73. The van der Waals surface area contributed by atoms with Crippen molar-refractivity contribution >= 4 is 23.0 Å². The molecule has 2 aromatic rings. The number of piperidine rings is 1. The molecule has 26 heavy (non-hydrogen) atoms. The molecule has 2 aromatic heterocycles. The van der Waals surface area contributed by atoms with E-state index in [2.05, 4.69) is 26.8 Å². The minimum absolute atomic E-state index is 0.0598. The molecule has 8 heteroatoms. The molecule has 138 valence electrons. The minimum Gasteiger partial charge on any atom is -0.473 e. The summed E-state index contributed by atoms with van der Waals surface area (Å²) in [6, 6.07) is 0. The van der Waals surface area contributed by atoms with Crippen molar-refractivity contribution < 1.29 is 14.3 Å². The molecule has 2 amide bonds. The lowest BCUT2D eigenvalue weighted by atomic mass is 9.96. The van der Waals surface area contributed by atoms with Crippen molar-refractivity contribution in [3.05, 3.63) is 30.6 Å². The number of H-pyrrole nitrogens is 1. The molecule has 0 saturated carbocycles. The SMILES string of the molecule is C=CC(=O)N1CC[C@@H](Oc2cnc3[nH]cc(C(=O)NCC)c3n2)[C@H](C)C1. The monoisotopic (exact) mass is 357 g/mol. The fourth-order valence-corrected chi connectivity index (χ4v) is 3.14. The van der Waals surface area contributed by atoms with Crippen molar-refractivity contribution in [2.75, 3.05) is 19.6 Å². The van der Waals surface area contributed by atoms with Crippen molar-refractivity contribution in [1.82, 2.24) is 25.2 Å². The Balaban J connectivity index is 1.75. The van der Waals surface area contributed by atoms with E-state index >= 15 is 0 Å². The van der Waals surface area contributed by atoms with E-state index in [1.807, 2.05) is 13.8 Å². The first kappa shape index (κ1) is 17.9. The normalized spacial score (nSPS) is 20.0. The lowest BCUT2D eigenvalue weighted by Gasteiger charge is -2.36. The number of hydrogen-bond donors (Lipinski definition) is 2. The van der Waals surface area contributed by atoms with Crippen LogP contribution in [0.5, 0.6) is 5.88 Å². The Morgan fingerprint density at radius 1 is 1.54 bits per heavy atom. The Labute approximate surface area is 151 Å². The molecule has 3 rings (SSSR count). The summed E-state index contributed by atoms with van der Waals surface area (Å²) in [6.45, 7) is 9.19. The zero-order valence-corrected chi connectivity index (χ0v) is 15.0. The molecule has 8 nitrogen and oxygen atoms in total. The van der Waals surface area contributed by atoms with E-state index in [0.717, 1.165) is 0 Å². The predicted molar refractivity (Wildman–Crippen MR) is 96.9 cm³/mol. The number of aromatic amines is 1. The Morgan fingerprint density at radius 3 is 3.04 bits per heavy atom. The number of aromatic nitrogens is 3. The third-order valence-corrected chi connectivity index (χ3v) is 4.53. The summed E-state index contributed by atoms with van der Waals surface area (Å²) in [4.78, 5) is 37.3. The van der Waals surface area contributed by atoms with Gasteiger partial charge in [-0.1, -0.05) is 13.5 Å². The van der Waals surface area contributed by atoms with E-state index in [-0.39, 0.29) is 23.8 Å². The second kappa shape index (κ2) is 7.55. The van der Waals surface area contributed by atoms with Gasteiger partial charge in [0.2, 0.25) is 11.8 Å². The van der Waals surface area contributed by atoms with Crippen LogP contribution >= 0.6 is 0 Å². The number of nitrogens with one attached hydrogen (secondary N) is 2. The van der Waals surface area contributed by atoms with Gasteiger partial charge >= 0.3 is 0 Å². The molecule has 0 aromatic carbocycles. The van der Waals surface area contributed by atoms with Gasteiger partial charge in [-0.15, -0.1) is 0 Å². The summed E-state index contributed by atoms with van der Waals surface area (Å²) in [5, 5.41) is 2.76. The van der Waals surface area contributed by atoms with Gasteiger partial charge in [0.15, 0.2) is 5.65 Å². The molecule has 1 aliphatic heterocycles. The molecule has 1 saturated heterocycles. The molecule has 0 spiro atoms. The Morgan fingerprint density at radius 2 is 2.35 bits per heavy atom. The van der Waals surface area contributed by atoms with Gasteiger partial charge in [-0.05, 0) is 13.0 Å². The molecule has 2 atom stereocenters. The highest BCUT2D eigenvalue weighted by Crippen LogP contribution is 2.24. The van der Waals surface area contributed by atoms with Crippen LogP contribution in [-0.2, 0) is 4.79 Å². The topological polar surface area (TPSA) is 100 Å². The predicted octanol–water partition coefficient (Wildman–Crippen LogP) is 1.51. The Bertz CT molecular complexity index is 831. The second-order valence-electron chi connectivity index (χ2n) is 6.38. The average Bonchev–Trinajstić information content (AvgIpc) is 3.06. The molecule has 0 bridgehead atoms. The van der Waals surface area contributed by atoms with Crippen LogP contribution in [0.4, 0.5) is 0 Å². The van der Waals surface area contributed by atoms with Gasteiger partial charge in [0.1, 0.15) is 11.6 Å². The summed E-state index contributed by atoms with van der Waals surface area (Å²) in [7, 11) is 0. The maximum Gasteiger partial charge on any atom is 0.255 e. The molecule has 0 radical (unpaired) electrons. The largest absolute Gasteiger partial charge is 0.473 e. The highest BCUT2D eigenvalue weighted by atomic mass is 16.5. The molecule has 0 unspecified atom stereocenters. The summed E-state index contributed by atoms with van der Waals surface area (Å²) >= 11 is 0. The van der Waals surface area contributed by atoms with Gasteiger partial charge in [0, 0.05) is 38.2 Å². The van der Waals surface area contributed by atoms with Crippen LogP contribution in [0.3, 0.4) is 0 Å². The lowest BCUT2D eigenvalue weighted by Crippen LogP contribution is -2.46. The first-order chi connectivity index (χ1) is 12.5. The summed E-state index contributed by atoms with van der Waals surface area (Å²) in [6.07, 6.45) is 5.12. The van der Waals surface area contributed by atoms with Gasteiger partial charge in [0.05, 0.1) is 11.8 Å². The molecule has 0 aliphatic carbocycles. The molecule has 2 N–H and O–H groups in total. The van der Waals surface area contributed by atoms with Crippen LogP contribution in [0.1, 0.15) is 30.6 Å². The van der Waals surface area contributed by atoms with Crippen molar-refractivity contribution in [2.24, 2.45) is 5.92 Å². The van der Waals surface area contributed by atoms with Crippen LogP contribution in [-0.4, -0.2) is 57.4 Å². The van der Waals surface area contributed by atoms with Crippen LogP contribution in [0.15, 0.2) is 25.0 Å². The second-order valence-corrected chi connectivity index (χ2v) is 6.38. The Kier molecular flexibility index (Phi) is 5.20. The molecule has 1 fully saturated rings. The molecule has 3 heterocycles. The lowest BCUT2D eigenvalue weighted by molar-refractivity contribution is -0.129. The number of likely N-dealkylation sites (tertiary alicyclic amines) is 1. The molecular weight excluding hydrogens is 334 g/mol. The fraction of sp³-hybridized carbons (Fsp3) is 0.444. The number of carbonyl (C=O) groups excluding carboxylic acids is 2. The number of nitrogens with zero attached hydrogens (tertiary/aromatic N) is 3.